The molecule has 29 heavy (non-hydrogen) atoms. The Balaban J connectivity index is 1.43. The van der Waals surface area contributed by atoms with E-state index in [1.165, 1.54) is 6.07 Å². The van der Waals surface area contributed by atoms with Gasteiger partial charge in [-0.3, -0.25) is 4.57 Å². The van der Waals surface area contributed by atoms with E-state index in [0.29, 0.717) is 6.54 Å². The van der Waals surface area contributed by atoms with Gasteiger partial charge in [0.05, 0.1) is 6.54 Å². The standard InChI is InChI=1S/C22H25FN6/c1-2-25-21(28-15-22(7-8-22)18-4-3-5-19(23)13-18)27-14-17-6-9-26-20(12-17)29-11-10-24-16-29/h3-6,9-13,16H,2,7-8,14-15H2,1H3,(H2,25,27,28). The van der Waals surface area contributed by atoms with Crippen molar-refractivity contribution in [3.05, 3.63) is 78.3 Å². The summed E-state index contributed by atoms with van der Waals surface area (Å²) in [5, 5.41) is 6.73. The predicted molar refractivity (Wildman–Crippen MR) is 111 cm³/mol. The lowest BCUT2D eigenvalue weighted by Crippen LogP contribution is -2.41. The van der Waals surface area contributed by atoms with E-state index >= 15 is 0 Å². The summed E-state index contributed by atoms with van der Waals surface area (Å²) < 4.78 is 15.5. The van der Waals surface area contributed by atoms with Crippen LogP contribution in [-0.4, -0.2) is 33.6 Å². The van der Waals surface area contributed by atoms with Crippen molar-refractivity contribution >= 4 is 5.96 Å². The number of aromatic nitrogens is 3. The normalized spacial score (nSPS) is 15.2. The Morgan fingerprint density at radius 2 is 2.10 bits per heavy atom. The fourth-order valence-corrected chi connectivity index (χ4v) is 3.40. The Morgan fingerprint density at radius 1 is 1.21 bits per heavy atom. The van der Waals surface area contributed by atoms with E-state index in [4.69, 9.17) is 4.99 Å². The number of guanidine groups is 1. The Kier molecular flexibility index (Phi) is 5.55. The molecule has 2 heterocycles. The molecule has 4 rings (SSSR count). The van der Waals surface area contributed by atoms with E-state index in [0.717, 1.165) is 48.8 Å². The van der Waals surface area contributed by atoms with Crippen LogP contribution in [0.2, 0.25) is 0 Å². The smallest absolute Gasteiger partial charge is 0.191 e. The Hall–Kier alpha value is -3.22. The zero-order valence-electron chi connectivity index (χ0n) is 16.5. The van der Waals surface area contributed by atoms with E-state index in [1.54, 1.807) is 30.9 Å². The second-order valence-corrected chi connectivity index (χ2v) is 7.33. The third kappa shape index (κ3) is 4.62. The first-order chi connectivity index (χ1) is 14.2. The van der Waals surface area contributed by atoms with E-state index in [1.807, 2.05) is 35.9 Å². The molecule has 0 aliphatic heterocycles. The first-order valence-corrected chi connectivity index (χ1v) is 9.90. The summed E-state index contributed by atoms with van der Waals surface area (Å²) in [7, 11) is 0. The number of hydrogen-bond donors (Lipinski definition) is 2. The lowest BCUT2D eigenvalue weighted by molar-refractivity contribution is 0.607. The monoisotopic (exact) mass is 392 g/mol. The van der Waals surface area contributed by atoms with Crippen molar-refractivity contribution < 1.29 is 4.39 Å². The number of rotatable bonds is 7. The molecular weight excluding hydrogens is 367 g/mol. The molecule has 7 heteroatoms. The van der Waals surface area contributed by atoms with E-state index in [2.05, 4.69) is 20.6 Å². The average molecular weight is 392 g/mol. The lowest BCUT2D eigenvalue weighted by Gasteiger charge is -2.19. The van der Waals surface area contributed by atoms with Crippen LogP contribution in [0.15, 0.2) is 66.3 Å². The van der Waals surface area contributed by atoms with Gasteiger partial charge in [0.25, 0.3) is 0 Å². The van der Waals surface area contributed by atoms with Crippen molar-refractivity contribution in [3.8, 4) is 5.82 Å². The van der Waals surface area contributed by atoms with Crippen molar-refractivity contribution in [2.24, 2.45) is 4.99 Å². The van der Waals surface area contributed by atoms with Crippen molar-refractivity contribution in [2.45, 2.75) is 31.7 Å². The summed E-state index contributed by atoms with van der Waals surface area (Å²) in [4.78, 5) is 13.2. The maximum absolute atomic E-state index is 13.6. The maximum atomic E-state index is 13.6. The van der Waals surface area contributed by atoms with E-state index < -0.39 is 0 Å². The van der Waals surface area contributed by atoms with Crippen LogP contribution in [-0.2, 0) is 12.0 Å². The van der Waals surface area contributed by atoms with Gasteiger partial charge in [-0.1, -0.05) is 12.1 Å². The fourth-order valence-electron chi connectivity index (χ4n) is 3.40. The number of benzene rings is 1. The molecule has 2 aromatic heterocycles. The largest absolute Gasteiger partial charge is 0.357 e. The zero-order valence-corrected chi connectivity index (χ0v) is 16.5. The molecule has 6 nitrogen and oxygen atoms in total. The zero-order chi connectivity index (χ0) is 20.1. The van der Waals surface area contributed by atoms with Crippen molar-refractivity contribution in [3.63, 3.8) is 0 Å². The molecule has 0 saturated heterocycles. The minimum atomic E-state index is -0.180. The molecule has 1 aliphatic rings. The number of imidazole rings is 1. The highest BCUT2D eigenvalue weighted by molar-refractivity contribution is 5.80. The number of aliphatic imine (C=N–C) groups is 1. The average Bonchev–Trinajstić information content (AvgIpc) is 3.33. The van der Waals surface area contributed by atoms with Gasteiger partial charge in [0.15, 0.2) is 5.96 Å². The summed E-state index contributed by atoms with van der Waals surface area (Å²) >= 11 is 0. The highest BCUT2D eigenvalue weighted by Gasteiger charge is 2.44. The quantitative estimate of drug-likeness (QED) is 0.479. The first-order valence-electron chi connectivity index (χ1n) is 9.90. The molecule has 0 atom stereocenters. The Bertz CT molecular complexity index is 978. The highest BCUT2D eigenvalue weighted by atomic mass is 19.1. The van der Waals surface area contributed by atoms with Gasteiger partial charge in [-0.05, 0) is 55.2 Å². The minimum Gasteiger partial charge on any atom is -0.357 e. The van der Waals surface area contributed by atoms with Gasteiger partial charge in [0, 0.05) is 37.1 Å². The van der Waals surface area contributed by atoms with Gasteiger partial charge in [0.1, 0.15) is 18.0 Å². The number of halogens is 1. The van der Waals surface area contributed by atoms with Crippen molar-refractivity contribution in [1.82, 2.24) is 25.2 Å². The van der Waals surface area contributed by atoms with Gasteiger partial charge in [-0.15, -0.1) is 0 Å². The van der Waals surface area contributed by atoms with Crippen LogP contribution in [0.4, 0.5) is 4.39 Å². The molecule has 1 saturated carbocycles. The third-order valence-corrected chi connectivity index (χ3v) is 5.23. The molecule has 0 unspecified atom stereocenters. The van der Waals surface area contributed by atoms with Crippen LogP contribution in [0.1, 0.15) is 30.9 Å². The first kappa shape index (κ1) is 19.1. The number of hydrogen-bond acceptors (Lipinski definition) is 3. The van der Waals surface area contributed by atoms with Crippen LogP contribution in [0.3, 0.4) is 0 Å². The summed E-state index contributed by atoms with van der Waals surface area (Å²) in [6.45, 7) is 4.08. The SMILES string of the molecule is CCNC(=NCc1ccnc(-n2ccnc2)c1)NCC1(c2cccc(F)c2)CC1. The van der Waals surface area contributed by atoms with Gasteiger partial charge in [-0.25, -0.2) is 19.4 Å². The predicted octanol–water partition coefficient (Wildman–Crippen LogP) is 3.19. The number of nitrogens with zero attached hydrogens (tertiary/aromatic N) is 4. The van der Waals surface area contributed by atoms with Gasteiger partial charge >= 0.3 is 0 Å². The molecule has 0 radical (unpaired) electrons. The van der Waals surface area contributed by atoms with Crippen LogP contribution < -0.4 is 10.6 Å². The summed E-state index contributed by atoms with van der Waals surface area (Å²) in [5.74, 6) is 1.40. The maximum Gasteiger partial charge on any atom is 0.191 e. The number of pyridine rings is 1. The Labute approximate surface area is 169 Å². The molecule has 2 N–H and O–H groups in total. The molecule has 0 amide bonds. The van der Waals surface area contributed by atoms with Crippen LogP contribution in [0.25, 0.3) is 5.82 Å². The highest BCUT2D eigenvalue weighted by Crippen LogP contribution is 2.47. The lowest BCUT2D eigenvalue weighted by atomic mass is 9.96. The molecule has 150 valence electrons. The van der Waals surface area contributed by atoms with Gasteiger partial charge < -0.3 is 10.6 Å². The topological polar surface area (TPSA) is 67.1 Å². The van der Waals surface area contributed by atoms with Crippen molar-refractivity contribution in [1.29, 1.82) is 0 Å². The minimum absolute atomic E-state index is 0.00352. The molecule has 3 aromatic rings. The molecular formula is C22H25FN6. The van der Waals surface area contributed by atoms with Crippen molar-refractivity contribution in [2.75, 3.05) is 13.1 Å². The second-order valence-electron chi connectivity index (χ2n) is 7.33. The summed E-state index contributed by atoms with van der Waals surface area (Å²) in [6, 6.07) is 10.9. The fraction of sp³-hybridized carbons (Fsp3) is 0.318. The van der Waals surface area contributed by atoms with Crippen LogP contribution >= 0.6 is 0 Å². The molecule has 1 aromatic carbocycles. The molecule has 1 aliphatic carbocycles. The van der Waals surface area contributed by atoms with Crippen LogP contribution in [0.5, 0.6) is 0 Å². The molecule has 0 bridgehead atoms. The Morgan fingerprint density at radius 3 is 2.83 bits per heavy atom. The summed E-state index contributed by atoms with van der Waals surface area (Å²) in [5.41, 5.74) is 2.12. The second kappa shape index (κ2) is 8.43. The molecule has 1 fully saturated rings. The van der Waals surface area contributed by atoms with Crippen LogP contribution in [0, 0.1) is 5.82 Å². The van der Waals surface area contributed by atoms with Gasteiger partial charge in [-0.2, -0.15) is 0 Å². The van der Waals surface area contributed by atoms with E-state index in [9.17, 15) is 4.39 Å². The van der Waals surface area contributed by atoms with Gasteiger partial charge in [0.2, 0.25) is 0 Å². The van der Waals surface area contributed by atoms with E-state index in [-0.39, 0.29) is 11.2 Å². The third-order valence-electron chi connectivity index (χ3n) is 5.23. The number of nitrogens with one attached hydrogen (secondary N) is 2. The summed E-state index contributed by atoms with van der Waals surface area (Å²) in [6.07, 6.45) is 9.21. The molecule has 0 spiro atoms.